The molecule has 0 aliphatic carbocycles. The van der Waals surface area contributed by atoms with E-state index in [1.54, 1.807) is 13.4 Å². The second-order valence-electron chi connectivity index (χ2n) is 3.74. The number of hydrogen-bond donors (Lipinski definition) is 0. The molecule has 5 heteroatoms. The van der Waals surface area contributed by atoms with E-state index >= 15 is 0 Å². The van der Waals surface area contributed by atoms with E-state index in [2.05, 4.69) is 38.3 Å². The maximum absolute atomic E-state index is 5.05. The van der Waals surface area contributed by atoms with Crippen LogP contribution >= 0.6 is 15.9 Å². The normalized spacial score (nSPS) is 10.7. The van der Waals surface area contributed by atoms with Crippen LogP contribution in [0, 0.1) is 0 Å². The monoisotopic (exact) mass is 295 g/mol. The lowest BCUT2D eigenvalue weighted by molar-refractivity contribution is 0.186. The fraction of sp³-hybridized carbons (Fsp3) is 0.333. The van der Waals surface area contributed by atoms with Gasteiger partial charge in [0.25, 0.3) is 0 Å². The van der Waals surface area contributed by atoms with E-state index in [1.165, 1.54) is 5.56 Å². The lowest BCUT2D eigenvalue weighted by Crippen LogP contribution is -2.08. The number of rotatable bonds is 5. The quantitative estimate of drug-likeness (QED) is 0.850. The molecule has 2 rings (SSSR count). The molecule has 0 amide bonds. The van der Waals surface area contributed by atoms with Crippen LogP contribution in [0.3, 0.4) is 0 Å². The highest BCUT2D eigenvalue weighted by Crippen LogP contribution is 2.13. The Kier molecular flexibility index (Phi) is 4.28. The van der Waals surface area contributed by atoms with Gasteiger partial charge in [-0.3, -0.25) is 0 Å². The summed E-state index contributed by atoms with van der Waals surface area (Å²) in [5, 5.41) is 8.07. The van der Waals surface area contributed by atoms with E-state index in [0.717, 1.165) is 23.3 Å². The van der Waals surface area contributed by atoms with E-state index in [4.69, 9.17) is 4.74 Å². The molecular weight excluding hydrogens is 282 g/mol. The summed E-state index contributed by atoms with van der Waals surface area (Å²) in [6, 6.07) is 8.23. The third kappa shape index (κ3) is 3.38. The van der Waals surface area contributed by atoms with Gasteiger partial charge >= 0.3 is 0 Å². The smallest absolute Gasteiger partial charge is 0.137 e. The fourth-order valence-electron chi connectivity index (χ4n) is 1.58. The van der Waals surface area contributed by atoms with Gasteiger partial charge < -0.3 is 9.30 Å². The van der Waals surface area contributed by atoms with Crippen LogP contribution in [0.2, 0.25) is 0 Å². The Morgan fingerprint density at radius 2 is 2.06 bits per heavy atom. The van der Waals surface area contributed by atoms with Crippen LogP contribution in [0.4, 0.5) is 0 Å². The zero-order chi connectivity index (χ0) is 12.1. The molecule has 0 radical (unpaired) electrons. The van der Waals surface area contributed by atoms with Crippen LogP contribution in [0.5, 0.6) is 0 Å². The predicted molar refractivity (Wildman–Crippen MR) is 68.8 cm³/mol. The van der Waals surface area contributed by atoms with Crippen LogP contribution in [-0.2, 0) is 17.7 Å². The topological polar surface area (TPSA) is 39.9 Å². The fourth-order valence-corrected chi connectivity index (χ4v) is 1.84. The third-order valence-electron chi connectivity index (χ3n) is 2.51. The Morgan fingerprint density at radius 1 is 1.29 bits per heavy atom. The highest BCUT2D eigenvalue weighted by Gasteiger charge is 2.05. The molecule has 0 unspecified atom stereocenters. The molecule has 0 fully saturated rings. The average Bonchev–Trinajstić information content (AvgIpc) is 2.77. The second-order valence-corrected chi connectivity index (χ2v) is 4.65. The van der Waals surface area contributed by atoms with Gasteiger partial charge in [-0.1, -0.05) is 28.1 Å². The van der Waals surface area contributed by atoms with Crippen molar-refractivity contribution in [2.24, 2.45) is 0 Å². The summed E-state index contributed by atoms with van der Waals surface area (Å²) >= 11 is 3.42. The lowest BCUT2D eigenvalue weighted by Gasteiger charge is -2.05. The lowest BCUT2D eigenvalue weighted by atomic mass is 10.1. The highest BCUT2D eigenvalue weighted by atomic mass is 79.9. The minimum Gasteiger partial charge on any atom is -0.383 e. The summed E-state index contributed by atoms with van der Waals surface area (Å²) in [6.07, 6.45) is 2.53. The van der Waals surface area contributed by atoms with Crippen molar-refractivity contribution >= 4 is 15.9 Å². The largest absolute Gasteiger partial charge is 0.383 e. The molecule has 1 aromatic heterocycles. The first-order valence-corrected chi connectivity index (χ1v) is 6.19. The third-order valence-corrected chi connectivity index (χ3v) is 3.04. The Bertz CT molecular complexity index is 467. The van der Waals surface area contributed by atoms with Crippen LogP contribution in [0.25, 0.3) is 0 Å². The summed E-state index contributed by atoms with van der Waals surface area (Å²) in [5.41, 5.74) is 1.22. The molecule has 90 valence electrons. The Hall–Kier alpha value is -1.20. The molecule has 4 nitrogen and oxygen atoms in total. The van der Waals surface area contributed by atoms with E-state index in [9.17, 15) is 0 Å². The van der Waals surface area contributed by atoms with Crippen molar-refractivity contribution in [1.82, 2.24) is 14.8 Å². The first-order valence-electron chi connectivity index (χ1n) is 5.39. The van der Waals surface area contributed by atoms with Gasteiger partial charge in [-0.2, -0.15) is 0 Å². The maximum atomic E-state index is 5.05. The molecule has 0 saturated heterocycles. The Morgan fingerprint density at radius 3 is 2.76 bits per heavy atom. The molecule has 1 aromatic carbocycles. The van der Waals surface area contributed by atoms with E-state index in [-0.39, 0.29) is 0 Å². The first-order chi connectivity index (χ1) is 8.29. The number of benzene rings is 1. The van der Waals surface area contributed by atoms with Gasteiger partial charge in [0, 0.05) is 24.5 Å². The predicted octanol–water partition coefficient (Wildman–Crippen LogP) is 2.28. The Balaban J connectivity index is 2.07. The number of halogens is 1. The number of hydrogen-bond acceptors (Lipinski definition) is 3. The maximum Gasteiger partial charge on any atom is 0.137 e. The van der Waals surface area contributed by atoms with Crippen molar-refractivity contribution in [1.29, 1.82) is 0 Å². The van der Waals surface area contributed by atoms with Crippen LogP contribution < -0.4 is 0 Å². The van der Waals surface area contributed by atoms with Crippen molar-refractivity contribution in [3.63, 3.8) is 0 Å². The van der Waals surface area contributed by atoms with E-state index in [0.29, 0.717) is 6.61 Å². The van der Waals surface area contributed by atoms with Crippen molar-refractivity contribution in [3.05, 3.63) is 46.5 Å². The Labute approximate surface area is 109 Å². The van der Waals surface area contributed by atoms with Gasteiger partial charge in [0.1, 0.15) is 12.2 Å². The second kappa shape index (κ2) is 5.93. The number of nitrogens with zero attached hydrogens (tertiary/aromatic N) is 3. The van der Waals surface area contributed by atoms with Crippen molar-refractivity contribution < 1.29 is 4.74 Å². The van der Waals surface area contributed by atoms with Gasteiger partial charge in [-0.25, -0.2) is 0 Å². The van der Waals surface area contributed by atoms with Crippen LogP contribution in [0.15, 0.2) is 35.1 Å². The van der Waals surface area contributed by atoms with Gasteiger partial charge in [0.05, 0.1) is 6.61 Å². The van der Waals surface area contributed by atoms with Crippen LogP contribution in [0.1, 0.15) is 11.4 Å². The molecule has 0 aliphatic rings. The molecule has 0 N–H and O–H groups in total. The molecule has 17 heavy (non-hydrogen) atoms. The van der Waals surface area contributed by atoms with E-state index < -0.39 is 0 Å². The first kappa shape index (κ1) is 12.3. The summed E-state index contributed by atoms with van der Waals surface area (Å²) in [6.45, 7) is 1.46. The van der Waals surface area contributed by atoms with Gasteiger partial charge in [0.2, 0.25) is 0 Å². The summed E-state index contributed by atoms with van der Waals surface area (Å²) in [5.74, 6) is 0.962. The molecule has 0 atom stereocenters. The summed E-state index contributed by atoms with van der Waals surface area (Å²) < 4.78 is 8.16. The standard InChI is InChI=1S/C12H14BrN3O/c1-17-7-6-16-9-14-15-12(16)8-10-2-4-11(13)5-3-10/h2-5,9H,6-8H2,1H3. The molecule has 1 heterocycles. The van der Waals surface area contributed by atoms with E-state index in [1.807, 2.05) is 16.7 Å². The highest BCUT2D eigenvalue weighted by molar-refractivity contribution is 9.10. The molecular formula is C12H14BrN3O. The van der Waals surface area contributed by atoms with Crippen molar-refractivity contribution in [3.8, 4) is 0 Å². The van der Waals surface area contributed by atoms with Crippen LogP contribution in [-0.4, -0.2) is 28.5 Å². The summed E-state index contributed by atoms with van der Waals surface area (Å²) in [7, 11) is 1.69. The average molecular weight is 296 g/mol. The SMILES string of the molecule is COCCn1cnnc1Cc1ccc(Br)cc1. The summed E-state index contributed by atoms with van der Waals surface area (Å²) in [4.78, 5) is 0. The number of aromatic nitrogens is 3. The number of ether oxygens (including phenoxy) is 1. The van der Waals surface area contributed by atoms with Gasteiger partial charge in [-0.05, 0) is 17.7 Å². The molecule has 2 aromatic rings. The zero-order valence-corrected chi connectivity index (χ0v) is 11.2. The number of methoxy groups -OCH3 is 1. The molecule has 0 bridgehead atoms. The van der Waals surface area contributed by atoms with Crippen molar-refractivity contribution in [2.75, 3.05) is 13.7 Å². The zero-order valence-electron chi connectivity index (χ0n) is 9.64. The molecule has 0 aliphatic heterocycles. The minimum absolute atomic E-state index is 0.672. The molecule has 0 spiro atoms. The molecule has 0 saturated carbocycles. The van der Waals surface area contributed by atoms with Gasteiger partial charge in [0.15, 0.2) is 0 Å². The minimum atomic E-state index is 0.672. The van der Waals surface area contributed by atoms with Gasteiger partial charge in [-0.15, -0.1) is 10.2 Å². The van der Waals surface area contributed by atoms with Crippen molar-refractivity contribution in [2.45, 2.75) is 13.0 Å².